The van der Waals surface area contributed by atoms with Crippen LogP contribution in [0.1, 0.15) is 18.1 Å². The van der Waals surface area contributed by atoms with E-state index >= 15 is 0 Å². The highest BCUT2D eigenvalue weighted by Crippen LogP contribution is 2.41. The second-order valence-corrected chi connectivity index (χ2v) is 5.76. The number of methoxy groups -OCH3 is 1. The Morgan fingerprint density at radius 3 is 2.56 bits per heavy atom. The molecule has 0 amide bonds. The van der Waals surface area contributed by atoms with Gasteiger partial charge in [-0.15, -0.1) is 0 Å². The Hall–Kier alpha value is -3.09. The fourth-order valence-corrected chi connectivity index (χ4v) is 2.71. The fourth-order valence-electron chi connectivity index (χ4n) is 2.71. The molecule has 7 heteroatoms. The van der Waals surface area contributed by atoms with Crippen molar-refractivity contribution < 1.29 is 14.4 Å². The molecule has 3 rings (SSSR count). The summed E-state index contributed by atoms with van der Waals surface area (Å²) >= 11 is 0. The molecule has 0 unspecified atom stereocenters. The van der Waals surface area contributed by atoms with Crippen LogP contribution in [0.25, 0.3) is 22.4 Å². The van der Waals surface area contributed by atoms with Gasteiger partial charge in [-0.2, -0.15) is 0 Å². The minimum absolute atomic E-state index is 0.126. The molecule has 0 saturated carbocycles. The minimum atomic E-state index is -0.478. The second kappa shape index (κ2) is 6.43. The number of aromatic amines is 1. The molecule has 0 atom stereocenters. The van der Waals surface area contributed by atoms with Crippen LogP contribution in [0.4, 0.5) is 5.69 Å². The number of hydrogen-bond donors (Lipinski definition) is 1. The zero-order valence-corrected chi connectivity index (χ0v) is 14.5. The van der Waals surface area contributed by atoms with Crippen LogP contribution in [0.15, 0.2) is 24.3 Å². The van der Waals surface area contributed by atoms with Crippen LogP contribution < -0.4 is 9.47 Å². The van der Waals surface area contributed by atoms with Gasteiger partial charge in [0.1, 0.15) is 5.82 Å². The van der Waals surface area contributed by atoms with E-state index in [2.05, 4.69) is 9.97 Å². The van der Waals surface area contributed by atoms with Gasteiger partial charge in [-0.05, 0) is 50.1 Å². The molecule has 2 aromatic carbocycles. The number of aryl methyl sites for hydroxylation is 2. The molecule has 0 aliphatic rings. The minimum Gasteiger partial charge on any atom is -0.493 e. The molecule has 0 fully saturated rings. The lowest BCUT2D eigenvalue weighted by Gasteiger charge is -2.10. The van der Waals surface area contributed by atoms with E-state index < -0.39 is 4.92 Å². The third kappa shape index (κ3) is 3.00. The van der Waals surface area contributed by atoms with Crippen molar-refractivity contribution in [1.82, 2.24) is 9.97 Å². The van der Waals surface area contributed by atoms with Crippen molar-refractivity contribution in [3.05, 3.63) is 45.5 Å². The van der Waals surface area contributed by atoms with Crippen molar-refractivity contribution in [2.75, 3.05) is 13.7 Å². The van der Waals surface area contributed by atoms with Crippen molar-refractivity contribution in [3.8, 4) is 22.9 Å². The lowest BCUT2D eigenvalue weighted by Crippen LogP contribution is -2.01. The van der Waals surface area contributed by atoms with E-state index in [4.69, 9.17) is 9.47 Å². The lowest BCUT2D eigenvalue weighted by molar-refractivity contribution is -0.385. The molecule has 0 bridgehead atoms. The number of ether oxygens (including phenoxy) is 2. The molecule has 0 saturated heterocycles. The van der Waals surface area contributed by atoms with Crippen LogP contribution >= 0.6 is 0 Å². The largest absolute Gasteiger partial charge is 0.493 e. The highest BCUT2D eigenvalue weighted by molar-refractivity contribution is 5.82. The molecule has 1 N–H and O–H groups in total. The van der Waals surface area contributed by atoms with Crippen molar-refractivity contribution in [3.63, 3.8) is 0 Å². The number of benzene rings is 2. The first-order chi connectivity index (χ1) is 11.9. The number of aromatic nitrogens is 2. The van der Waals surface area contributed by atoms with E-state index in [1.165, 1.54) is 13.2 Å². The molecule has 0 aliphatic carbocycles. The van der Waals surface area contributed by atoms with E-state index in [9.17, 15) is 10.1 Å². The summed E-state index contributed by atoms with van der Waals surface area (Å²) in [6, 6.07) is 7.15. The average Bonchev–Trinajstić information content (AvgIpc) is 2.98. The van der Waals surface area contributed by atoms with E-state index in [1.54, 1.807) is 13.0 Å². The predicted octanol–water partition coefficient (Wildman–Crippen LogP) is 4.16. The number of rotatable bonds is 5. The van der Waals surface area contributed by atoms with E-state index in [0.717, 1.165) is 22.2 Å². The van der Waals surface area contributed by atoms with Gasteiger partial charge < -0.3 is 14.5 Å². The second-order valence-electron chi connectivity index (χ2n) is 5.76. The number of hydrogen-bond acceptors (Lipinski definition) is 5. The summed E-state index contributed by atoms with van der Waals surface area (Å²) < 4.78 is 10.7. The van der Waals surface area contributed by atoms with Gasteiger partial charge in [-0.3, -0.25) is 10.1 Å². The van der Waals surface area contributed by atoms with Crippen molar-refractivity contribution in [1.29, 1.82) is 0 Å². The number of nitrogens with one attached hydrogen (secondary N) is 1. The fraction of sp³-hybridized carbons (Fsp3) is 0.278. The predicted molar refractivity (Wildman–Crippen MR) is 95.4 cm³/mol. The Labute approximate surface area is 144 Å². The molecule has 1 aromatic heterocycles. The summed E-state index contributed by atoms with van der Waals surface area (Å²) in [7, 11) is 1.46. The van der Waals surface area contributed by atoms with E-state index in [0.29, 0.717) is 23.7 Å². The topological polar surface area (TPSA) is 90.3 Å². The van der Waals surface area contributed by atoms with Gasteiger partial charge in [-0.1, -0.05) is 0 Å². The summed E-state index contributed by atoms with van der Waals surface area (Å²) in [4.78, 5) is 18.8. The lowest BCUT2D eigenvalue weighted by atomic mass is 10.1. The van der Waals surface area contributed by atoms with Gasteiger partial charge in [-0.25, -0.2) is 4.98 Å². The number of H-pyrrole nitrogens is 1. The summed E-state index contributed by atoms with van der Waals surface area (Å²) in [5.74, 6) is 0.977. The summed E-state index contributed by atoms with van der Waals surface area (Å²) in [5, 5.41) is 11.4. The molecule has 0 spiro atoms. The third-order valence-electron chi connectivity index (χ3n) is 4.11. The maximum atomic E-state index is 11.4. The first-order valence-electron chi connectivity index (χ1n) is 7.91. The van der Waals surface area contributed by atoms with Gasteiger partial charge in [0.05, 0.1) is 29.7 Å². The van der Waals surface area contributed by atoms with Gasteiger partial charge >= 0.3 is 5.69 Å². The Kier molecular flexibility index (Phi) is 4.31. The van der Waals surface area contributed by atoms with Crippen LogP contribution in [0.2, 0.25) is 0 Å². The number of nitro benzene ring substituents is 1. The molecule has 25 heavy (non-hydrogen) atoms. The molecular formula is C18H19N3O4. The normalized spacial score (nSPS) is 10.9. The van der Waals surface area contributed by atoms with Crippen LogP contribution in [-0.4, -0.2) is 28.6 Å². The Balaban J connectivity index is 2.19. The molecule has 0 aliphatic heterocycles. The highest BCUT2D eigenvalue weighted by atomic mass is 16.6. The molecule has 1 heterocycles. The van der Waals surface area contributed by atoms with Crippen LogP contribution in [0.5, 0.6) is 11.5 Å². The maximum absolute atomic E-state index is 11.4. The first-order valence-corrected chi connectivity index (χ1v) is 7.91. The van der Waals surface area contributed by atoms with Crippen LogP contribution in [-0.2, 0) is 0 Å². The van der Waals surface area contributed by atoms with E-state index in [1.807, 2.05) is 26.0 Å². The number of fused-ring (bicyclic) bond motifs is 1. The number of nitro groups is 1. The molecular weight excluding hydrogens is 322 g/mol. The van der Waals surface area contributed by atoms with Gasteiger partial charge in [0.15, 0.2) is 5.75 Å². The van der Waals surface area contributed by atoms with Crippen molar-refractivity contribution >= 4 is 16.7 Å². The number of imidazole rings is 1. The van der Waals surface area contributed by atoms with Crippen LogP contribution in [0, 0.1) is 24.0 Å². The van der Waals surface area contributed by atoms with E-state index in [-0.39, 0.29) is 11.4 Å². The highest BCUT2D eigenvalue weighted by Gasteiger charge is 2.23. The number of nitrogens with zero attached hydrogens (tertiary/aromatic N) is 2. The summed E-state index contributed by atoms with van der Waals surface area (Å²) in [6.45, 7) is 6.12. The van der Waals surface area contributed by atoms with Gasteiger partial charge in [0.2, 0.25) is 5.75 Å². The molecule has 130 valence electrons. The Morgan fingerprint density at radius 1 is 1.20 bits per heavy atom. The SMILES string of the molecule is CCOc1c(OC)cc(-c2nc3cc(C)c(C)cc3[nH]2)cc1[N+](=O)[O-]. The summed E-state index contributed by atoms with van der Waals surface area (Å²) in [5.41, 5.74) is 4.41. The monoisotopic (exact) mass is 341 g/mol. The smallest absolute Gasteiger partial charge is 0.315 e. The zero-order valence-electron chi connectivity index (χ0n) is 14.5. The quantitative estimate of drug-likeness (QED) is 0.556. The first kappa shape index (κ1) is 16.8. The van der Waals surface area contributed by atoms with Crippen molar-refractivity contribution in [2.24, 2.45) is 0 Å². The third-order valence-corrected chi connectivity index (χ3v) is 4.11. The maximum Gasteiger partial charge on any atom is 0.315 e. The standard InChI is InChI=1S/C18H19N3O4/c1-5-25-17-15(21(22)23)8-12(9-16(17)24-4)18-19-13-6-10(2)11(3)7-14(13)20-18/h6-9H,5H2,1-4H3,(H,19,20). The van der Waals surface area contributed by atoms with Gasteiger partial charge in [0, 0.05) is 11.6 Å². The van der Waals surface area contributed by atoms with Crippen LogP contribution in [0.3, 0.4) is 0 Å². The molecule has 7 nitrogen and oxygen atoms in total. The zero-order chi connectivity index (χ0) is 18.1. The van der Waals surface area contributed by atoms with Gasteiger partial charge in [0.25, 0.3) is 0 Å². The summed E-state index contributed by atoms with van der Waals surface area (Å²) in [6.07, 6.45) is 0. The molecule has 3 aromatic rings. The Bertz CT molecular complexity index is 924. The molecule has 0 radical (unpaired) electrons. The van der Waals surface area contributed by atoms with Crippen molar-refractivity contribution in [2.45, 2.75) is 20.8 Å². The average molecular weight is 341 g/mol. The Morgan fingerprint density at radius 2 is 1.92 bits per heavy atom.